The van der Waals surface area contributed by atoms with E-state index in [9.17, 15) is 9.59 Å². The maximum atomic E-state index is 13.3. The van der Waals surface area contributed by atoms with Crippen molar-refractivity contribution in [1.29, 1.82) is 0 Å². The quantitative estimate of drug-likeness (QED) is 0.222. The zero-order valence-electron chi connectivity index (χ0n) is 22.9. The van der Waals surface area contributed by atoms with Crippen molar-refractivity contribution in [3.05, 3.63) is 95.6 Å². The molecule has 13 heteroatoms. The molecule has 2 fully saturated rings. The Morgan fingerprint density at radius 3 is 2.16 bits per heavy atom. The largest absolute Gasteiger partial charge is 0.508 e. The van der Waals surface area contributed by atoms with Gasteiger partial charge in [0.05, 0.1) is 6.61 Å². The average Bonchev–Trinajstić information content (AvgIpc) is 3.34. The van der Waals surface area contributed by atoms with Crippen LogP contribution in [0.25, 0.3) is 11.1 Å². The molecule has 0 spiro atoms. The van der Waals surface area contributed by atoms with Crippen LogP contribution in [0.4, 0.5) is 9.59 Å². The lowest BCUT2D eigenvalue weighted by molar-refractivity contribution is -0.307. The number of carbonyl (C=O) groups is 2. The van der Waals surface area contributed by atoms with E-state index >= 15 is 0 Å². The van der Waals surface area contributed by atoms with Gasteiger partial charge in [-0.25, -0.2) is 9.59 Å². The minimum atomic E-state index is -1.84. The maximum Gasteiger partial charge on any atom is 0.508 e. The molecular formula is C31H27Cl4NO8. The number of benzene rings is 3. The number of ether oxygens (including phenoxy) is 6. The highest BCUT2D eigenvalue weighted by atomic mass is 35.6. The zero-order valence-corrected chi connectivity index (χ0v) is 26.0. The molecule has 2 saturated heterocycles. The molecule has 232 valence electrons. The normalized spacial score (nSPS) is 26.1. The zero-order chi connectivity index (χ0) is 30.8. The summed E-state index contributed by atoms with van der Waals surface area (Å²) in [6.07, 6.45) is -5.53. The van der Waals surface area contributed by atoms with Gasteiger partial charge in [0.15, 0.2) is 18.0 Å². The third-order valence-corrected chi connectivity index (χ3v) is 8.31. The van der Waals surface area contributed by atoms with E-state index in [1.807, 2.05) is 78.9 Å². The van der Waals surface area contributed by atoms with Crippen LogP contribution in [0.15, 0.2) is 78.9 Å². The third-order valence-electron chi connectivity index (χ3n) is 7.61. The highest BCUT2D eigenvalue weighted by Gasteiger charge is 2.52. The number of amides is 1. The first kappa shape index (κ1) is 31.2. The van der Waals surface area contributed by atoms with Gasteiger partial charge in [0.1, 0.15) is 31.5 Å². The Hall–Kier alpha value is -2.76. The predicted octanol–water partition coefficient (Wildman–Crippen LogP) is 6.86. The van der Waals surface area contributed by atoms with E-state index in [0.717, 1.165) is 27.8 Å². The molecule has 3 aromatic rings. The van der Waals surface area contributed by atoms with Crippen molar-refractivity contribution < 1.29 is 38.0 Å². The molecule has 9 nitrogen and oxygen atoms in total. The van der Waals surface area contributed by atoms with Crippen molar-refractivity contribution in [1.82, 2.24) is 5.32 Å². The van der Waals surface area contributed by atoms with Crippen LogP contribution >= 0.6 is 46.4 Å². The first-order valence-electron chi connectivity index (χ1n) is 13.8. The van der Waals surface area contributed by atoms with Crippen LogP contribution in [0.2, 0.25) is 0 Å². The number of alkyl halides is 4. The molecule has 6 rings (SSSR count). The van der Waals surface area contributed by atoms with Crippen LogP contribution in [-0.4, -0.2) is 65.8 Å². The fraction of sp³-hybridized carbons (Fsp3) is 0.355. The van der Waals surface area contributed by atoms with Gasteiger partial charge < -0.3 is 33.7 Å². The van der Waals surface area contributed by atoms with Crippen molar-refractivity contribution in [2.45, 2.75) is 45.9 Å². The second kappa shape index (κ2) is 13.3. The van der Waals surface area contributed by atoms with Gasteiger partial charge in [-0.05, 0) is 22.3 Å². The first-order valence-corrected chi connectivity index (χ1v) is 15.4. The molecule has 1 amide bonds. The van der Waals surface area contributed by atoms with Crippen molar-refractivity contribution >= 4 is 58.7 Å². The smallest absolute Gasteiger partial charge is 0.445 e. The number of fused-ring (bicyclic) bond motifs is 4. The van der Waals surface area contributed by atoms with Gasteiger partial charge in [-0.15, -0.1) is 0 Å². The summed E-state index contributed by atoms with van der Waals surface area (Å²) < 4.78 is 32.7. The van der Waals surface area contributed by atoms with Gasteiger partial charge in [0.2, 0.25) is 3.79 Å². The number of nitrogens with one attached hydrogen (secondary N) is 1. The SMILES string of the molecule is O=C(N[C@@H]1[C@@H](OC(=O)OCC2c3ccccc3-c3ccccc32)[C@@H]2OC(c3ccccc3)OC[C@H]2O[C@@H]1Cl)OCC(Cl)(Cl)Cl. The predicted molar refractivity (Wildman–Crippen MR) is 163 cm³/mol. The molecule has 0 aromatic heterocycles. The summed E-state index contributed by atoms with van der Waals surface area (Å²) in [6, 6.07) is 24.0. The minimum absolute atomic E-state index is 0.0223. The van der Waals surface area contributed by atoms with Gasteiger partial charge in [-0.1, -0.05) is 125 Å². The van der Waals surface area contributed by atoms with E-state index in [2.05, 4.69) is 5.32 Å². The molecule has 2 aliphatic heterocycles. The van der Waals surface area contributed by atoms with Crippen LogP contribution in [0.1, 0.15) is 28.9 Å². The van der Waals surface area contributed by atoms with Gasteiger partial charge >= 0.3 is 12.2 Å². The number of alkyl carbamates (subject to hydrolysis) is 1. The van der Waals surface area contributed by atoms with Gasteiger partial charge in [0, 0.05) is 11.5 Å². The molecule has 1 aliphatic carbocycles. The lowest BCUT2D eigenvalue weighted by Crippen LogP contribution is -2.66. The standard InChI is InChI=1S/C31H27Cl4NO8/c32-27-24(36-29(37)41-16-31(33,34)35)26(25-23(42-27)15-39-28(43-25)17-8-2-1-3-9-17)44-30(38)40-14-22-20-12-6-4-10-18(20)19-11-5-7-13-21(19)22/h1-13,22-28H,14-16H2,(H,36,37)/t23-,24-,25-,26-,27+,28?/m1/s1. The van der Waals surface area contributed by atoms with Crippen LogP contribution in [-0.2, 0) is 28.4 Å². The van der Waals surface area contributed by atoms with E-state index in [1.54, 1.807) is 0 Å². The third kappa shape index (κ3) is 6.89. The van der Waals surface area contributed by atoms with Crippen LogP contribution in [0.3, 0.4) is 0 Å². The Bertz CT molecular complexity index is 1440. The van der Waals surface area contributed by atoms with Crippen molar-refractivity contribution in [3.63, 3.8) is 0 Å². The summed E-state index contributed by atoms with van der Waals surface area (Å²) in [6.45, 7) is -0.425. The maximum absolute atomic E-state index is 13.3. The van der Waals surface area contributed by atoms with Crippen LogP contribution < -0.4 is 5.32 Å². The topological polar surface area (TPSA) is 102 Å². The Morgan fingerprint density at radius 1 is 0.864 bits per heavy atom. The fourth-order valence-corrected chi connectivity index (χ4v) is 6.19. The molecule has 2 heterocycles. The van der Waals surface area contributed by atoms with Crippen LogP contribution in [0, 0.1) is 0 Å². The lowest BCUT2D eigenvalue weighted by Gasteiger charge is -2.47. The first-order chi connectivity index (χ1) is 21.2. The summed E-state index contributed by atoms with van der Waals surface area (Å²) in [5.74, 6) is -0.189. The fourth-order valence-electron chi connectivity index (χ4n) is 5.69. The second-order valence-corrected chi connectivity index (χ2v) is 13.4. The summed E-state index contributed by atoms with van der Waals surface area (Å²) in [5.41, 5.74) is 3.84. The molecule has 0 radical (unpaired) electrons. The molecule has 0 saturated carbocycles. The summed E-state index contributed by atoms with van der Waals surface area (Å²) in [7, 11) is 0. The summed E-state index contributed by atoms with van der Waals surface area (Å²) in [4.78, 5) is 26.0. The summed E-state index contributed by atoms with van der Waals surface area (Å²) >= 11 is 23.7. The van der Waals surface area contributed by atoms with Crippen LogP contribution in [0.5, 0.6) is 0 Å². The average molecular weight is 683 g/mol. The molecule has 6 atom stereocenters. The Morgan fingerprint density at radius 2 is 1.50 bits per heavy atom. The van der Waals surface area contributed by atoms with Crippen molar-refractivity contribution in [3.8, 4) is 11.1 Å². The highest BCUT2D eigenvalue weighted by Crippen LogP contribution is 2.44. The molecule has 1 N–H and O–H groups in total. The molecule has 3 aromatic carbocycles. The lowest BCUT2D eigenvalue weighted by atomic mass is 9.96. The number of rotatable bonds is 6. The van der Waals surface area contributed by atoms with Crippen molar-refractivity contribution in [2.24, 2.45) is 0 Å². The van der Waals surface area contributed by atoms with E-state index < -0.39 is 58.9 Å². The molecular weight excluding hydrogens is 656 g/mol. The Balaban J connectivity index is 1.20. The summed E-state index contributed by atoms with van der Waals surface area (Å²) in [5, 5.41) is 2.56. The number of halogens is 4. The molecule has 3 aliphatic rings. The van der Waals surface area contributed by atoms with E-state index in [-0.39, 0.29) is 19.1 Å². The number of carbonyl (C=O) groups excluding carboxylic acids is 2. The highest BCUT2D eigenvalue weighted by molar-refractivity contribution is 6.67. The Labute approximate surface area is 273 Å². The number of hydrogen-bond donors (Lipinski definition) is 1. The monoisotopic (exact) mass is 681 g/mol. The van der Waals surface area contributed by atoms with Gasteiger partial charge in [-0.2, -0.15) is 0 Å². The van der Waals surface area contributed by atoms with Gasteiger partial charge in [-0.3, -0.25) is 0 Å². The minimum Gasteiger partial charge on any atom is -0.445 e. The molecule has 1 unspecified atom stereocenters. The van der Waals surface area contributed by atoms with Gasteiger partial charge in [0.25, 0.3) is 0 Å². The van der Waals surface area contributed by atoms with E-state index in [1.165, 1.54) is 0 Å². The Kier molecular flexibility index (Phi) is 9.44. The van der Waals surface area contributed by atoms with E-state index in [4.69, 9.17) is 74.8 Å². The van der Waals surface area contributed by atoms with Crippen molar-refractivity contribution in [2.75, 3.05) is 19.8 Å². The number of hydrogen-bond acceptors (Lipinski definition) is 8. The molecule has 0 bridgehead atoms. The second-order valence-electron chi connectivity index (χ2n) is 10.4. The molecule has 44 heavy (non-hydrogen) atoms. The van der Waals surface area contributed by atoms with E-state index in [0.29, 0.717) is 0 Å².